The summed E-state index contributed by atoms with van der Waals surface area (Å²) in [5.41, 5.74) is 2.58. The number of thioether (sulfide) groups is 1. The van der Waals surface area contributed by atoms with Gasteiger partial charge in [-0.1, -0.05) is 30.0 Å². The number of hydrogen-bond donors (Lipinski definition) is 1. The van der Waals surface area contributed by atoms with Crippen molar-refractivity contribution in [3.63, 3.8) is 0 Å². The number of benzene rings is 1. The van der Waals surface area contributed by atoms with Crippen molar-refractivity contribution in [2.45, 2.75) is 11.1 Å². The van der Waals surface area contributed by atoms with E-state index in [1.807, 2.05) is 24.3 Å². The fourth-order valence-corrected chi connectivity index (χ4v) is 1.78. The van der Waals surface area contributed by atoms with Crippen LogP contribution in [0.3, 0.4) is 0 Å². The van der Waals surface area contributed by atoms with Gasteiger partial charge in [0.2, 0.25) is 0 Å². The first-order valence-corrected chi connectivity index (χ1v) is 4.21. The largest absolute Gasteiger partial charge is 0.368 e. The minimum absolute atomic E-state index is 0.660. The molecule has 1 heterocycles. The van der Waals surface area contributed by atoms with Gasteiger partial charge in [0.05, 0.1) is 5.55 Å². The summed E-state index contributed by atoms with van der Waals surface area (Å²) in [5, 5.41) is 9.35. The molecule has 0 aromatic heterocycles. The SMILES string of the molecule is OC1N=CSc2ccccc21. The molecule has 0 saturated heterocycles. The van der Waals surface area contributed by atoms with Gasteiger partial charge in [-0.2, -0.15) is 0 Å². The number of rotatable bonds is 0. The highest BCUT2D eigenvalue weighted by atomic mass is 32.2. The number of aliphatic imine (C=N–C) groups is 1. The molecular weight excluding hydrogens is 158 g/mol. The molecule has 1 atom stereocenters. The topological polar surface area (TPSA) is 32.6 Å². The second-order valence-electron chi connectivity index (χ2n) is 2.28. The number of aliphatic hydroxyl groups is 1. The molecule has 0 bridgehead atoms. The van der Waals surface area contributed by atoms with Crippen LogP contribution >= 0.6 is 11.8 Å². The smallest absolute Gasteiger partial charge is 0.172 e. The van der Waals surface area contributed by atoms with Crippen LogP contribution in [0.1, 0.15) is 11.8 Å². The van der Waals surface area contributed by atoms with E-state index in [9.17, 15) is 5.11 Å². The van der Waals surface area contributed by atoms with Crippen molar-refractivity contribution >= 4 is 17.3 Å². The van der Waals surface area contributed by atoms with Crippen molar-refractivity contribution in [3.8, 4) is 0 Å². The van der Waals surface area contributed by atoms with Crippen molar-refractivity contribution in [2.24, 2.45) is 4.99 Å². The van der Waals surface area contributed by atoms with Crippen molar-refractivity contribution in [3.05, 3.63) is 29.8 Å². The molecule has 56 valence electrons. The maximum atomic E-state index is 9.35. The lowest BCUT2D eigenvalue weighted by molar-refractivity contribution is 0.186. The van der Waals surface area contributed by atoms with E-state index in [1.165, 1.54) is 0 Å². The molecule has 0 radical (unpaired) electrons. The Balaban J connectivity index is 2.50. The Kier molecular flexibility index (Phi) is 1.68. The zero-order valence-corrected chi connectivity index (χ0v) is 6.58. The normalized spacial score (nSPS) is 21.4. The molecule has 0 fully saturated rings. The summed E-state index contributed by atoms with van der Waals surface area (Å²) in [6, 6.07) is 7.74. The molecule has 2 rings (SSSR count). The third-order valence-electron chi connectivity index (χ3n) is 1.58. The molecule has 1 unspecified atom stereocenters. The first-order valence-electron chi connectivity index (χ1n) is 3.33. The highest BCUT2D eigenvalue weighted by Gasteiger charge is 2.12. The summed E-state index contributed by atoms with van der Waals surface area (Å²) in [5.74, 6) is 0. The van der Waals surface area contributed by atoms with Gasteiger partial charge in [-0.25, -0.2) is 0 Å². The Morgan fingerprint density at radius 1 is 1.36 bits per heavy atom. The van der Waals surface area contributed by atoms with Gasteiger partial charge in [-0.15, -0.1) is 0 Å². The Labute approximate surface area is 69.0 Å². The lowest BCUT2D eigenvalue weighted by Gasteiger charge is -2.13. The Morgan fingerprint density at radius 2 is 2.18 bits per heavy atom. The number of fused-ring (bicyclic) bond motifs is 1. The molecule has 1 aliphatic rings. The van der Waals surface area contributed by atoms with Crippen molar-refractivity contribution in [2.75, 3.05) is 0 Å². The molecule has 2 nitrogen and oxygen atoms in total. The van der Waals surface area contributed by atoms with Gasteiger partial charge in [0, 0.05) is 10.5 Å². The summed E-state index contributed by atoms with van der Waals surface area (Å²) < 4.78 is 0. The van der Waals surface area contributed by atoms with Crippen LogP contribution in [0, 0.1) is 0 Å². The van der Waals surface area contributed by atoms with Crippen LogP contribution in [0.4, 0.5) is 0 Å². The number of aliphatic hydroxyl groups excluding tert-OH is 1. The van der Waals surface area contributed by atoms with Crippen molar-refractivity contribution in [1.82, 2.24) is 0 Å². The highest BCUT2D eigenvalue weighted by Crippen LogP contribution is 2.30. The van der Waals surface area contributed by atoms with Crippen LogP contribution in [0.25, 0.3) is 0 Å². The monoisotopic (exact) mass is 165 g/mol. The average molecular weight is 165 g/mol. The lowest BCUT2D eigenvalue weighted by atomic mass is 10.2. The van der Waals surface area contributed by atoms with Crippen LogP contribution in [0.2, 0.25) is 0 Å². The second-order valence-corrected chi connectivity index (χ2v) is 3.17. The molecule has 0 saturated carbocycles. The first kappa shape index (κ1) is 6.88. The summed E-state index contributed by atoms with van der Waals surface area (Å²) in [6.07, 6.45) is -0.660. The van der Waals surface area contributed by atoms with E-state index in [2.05, 4.69) is 4.99 Å². The fourth-order valence-electron chi connectivity index (χ4n) is 1.03. The Morgan fingerprint density at radius 3 is 3.00 bits per heavy atom. The zero-order valence-electron chi connectivity index (χ0n) is 5.77. The molecule has 1 aromatic carbocycles. The van der Waals surface area contributed by atoms with E-state index in [0.29, 0.717) is 0 Å². The van der Waals surface area contributed by atoms with Gasteiger partial charge in [0.25, 0.3) is 0 Å². The maximum absolute atomic E-state index is 9.35. The van der Waals surface area contributed by atoms with Crippen LogP contribution in [0.15, 0.2) is 34.2 Å². The fraction of sp³-hybridized carbons (Fsp3) is 0.125. The lowest BCUT2D eigenvalue weighted by Crippen LogP contribution is -1.99. The highest BCUT2D eigenvalue weighted by molar-refractivity contribution is 8.12. The third kappa shape index (κ3) is 1.17. The molecule has 1 aromatic rings. The second kappa shape index (κ2) is 2.68. The third-order valence-corrected chi connectivity index (χ3v) is 2.43. The van der Waals surface area contributed by atoms with Gasteiger partial charge in [-0.05, 0) is 6.07 Å². The van der Waals surface area contributed by atoms with Crippen LogP contribution in [-0.2, 0) is 0 Å². The van der Waals surface area contributed by atoms with Gasteiger partial charge < -0.3 is 5.11 Å². The Hall–Kier alpha value is -0.800. The quantitative estimate of drug-likeness (QED) is 0.636. The predicted molar refractivity (Wildman–Crippen MR) is 45.8 cm³/mol. The summed E-state index contributed by atoms with van der Waals surface area (Å²) in [6.45, 7) is 0. The van der Waals surface area contributed by atoms with E-state index < -0.39 is 6.23 Å². The van der Waals surface area contributed by atoms with Gasteiger partial charge in [0.15, 0.2) is 6.23 Å². The Bertz CT molecular complexity index is 298. The van der Waals surface area contributed by atoms with Gasteiger partial charge >= 0.3 is 0 Å². The molecule has 0 aliphatic carbocycles. The molecule has 1 aliphatic heterocycles. The van der Waals surface area contributed by atoms with Gasteiger partial charge in [0.1, 0.15) is 0 Å². The minimum atomic E-state index is -0.660. The summed E-state index contributed by atoms with van der Waals surface area (Å²) in [7, 11) is 0. The minimum Gasteiger partial charge on any atom is -0.368 e. The van der Waals surface area contributed by atoms with E-state index >= 15 is 0 Å². The first-order chi connectivity index (χ1) is 5.38. The van der Waals surface area contributed by atoms with Crippen LogP contribution in [0.5, 0.6) is 0 Å². The molecule has 0 amide bonds. The predicted octanol–water partition coefficient (Wildman–Crippen LogP) is 1.81. The molecular formula is C8H7NOS. The van der Waals surface area contributed by atoms with Crippen LogP contribution < -0.4 is 0 Å². The number of nitrogens with zero attached hydrogens (tertiary/aromatic N) is 1. The van der Waals surface area contributed by atoms with Crippen LogP contribution in [-0.4, -0.2) is 10.7 Å². The van der Waals surface area contributed by atoms with Crippen molar-refractivity contribution < 1.29 is 5.11 Å². The van der Waals surface area contributed by atoms with Gasteiger partial charge in [-0.3, -0.25) is 4.99 Å². The maximum Gasteiger partial charge on any atom is 0.172 e. The molecule has 11 heavy (non-hydrogen) atoms. The van der Waals surface area contributed by atoms with E-state index in [4.69, 9.17) is 0 Å². The van der Waals surface area contributed by atoms with E-state index in [0.717, 1.165) is 10.5 Å². The number of hydrogen-bond acceptors (Lipinski definition) is 3. The van der Waals surface area contributed by atoms with E-state index in [1.54, 1.807) is 17.3 Å². The summed E-state index contributed by atoms with van der Waals surface area (Å²) in [4.78, 5) is 4.96. The standard InChI is InChI=1S/C8H7NOS/c10-8-6-3-1-2-4-7(6)11-5-9-8/h1-5,8,10H. The molecule has 3 heteroatoms. The summed E-state index contributed by atoms with van der Waals surface area (Å²) >= 11 is 1.54. The molecule has 1 N–H and O–H groups in total. The average Bonchev–Trinajstić information content (AvgIpc) is 2.06. The van der Waals surface area contributed by atoms with E-state index in [-0.39, 0.29) is 0 Å². The van der Waals surface area contributed by atoms with Crippen molar-refractivity contribution in [1.29, 1.82) is 0 Å². The zero-order chi connectivity index (χ0) is 7.68. The molecule has 0 spiro atoms.